The quantitative estimate of drug-likeness (QED) is 0.555. The number of esters is 1. The van der Waals surface area contributed by atoms with Crippen molar-refractivity contribution in [3.05, 3.63) is 65.2 Å². The molecule has 2 rings (SSSR count). The number of carbonyl (C=O) groups is 2. The molecule has 0 spiro atoms. The highest BCUT2D eigenvalue weighted by Crippen LogP contribution is 2.26. The topological polar surface area (TPSA) is 84.9 Å². The van der Waals surface area contributed by atoms with Crippen LogP contribution in [0, 0.1) is 5.41 Å². The number of hydrogen-bond donors (Lipinski definition) is 2. The Labute approximate surface area is 171 Å². The second-order valence-electron chi connectivity index (χ2n) is 6.98. The van der Waals surface area contributed by atoms with E-state index < -0.39 is 11.4 Å². The van der Waals surface area contributed by atoms with Crippen LogP contribution in [0.5, 0.6) is 5.75 Å². The predicted molar refractivity (Wildman–Crippen MR) is 111 cm³/mol. The van der Waals surface area contributed by atoms with Crippen LogP contribution in [0.25, 0.3) is 0 Å². The lowest BCUT2D eigenvalue weighted by molar-refractivity contribution is -0.149. The summed E-state index contributed by atoms with van der Waals surface area (Å²) < 4.78 is 10.7. The molecule has 0 atom stereocenters. The van der Waals surface area contributed by atoms with Crippen LogP contribution in [0.3, 0.4) is 0 Å². The molecule has 156 valence electrons. The lowest BCUT2D eigenvalue weighted by atomic mass is 9.82. The van der Waals surface area contributed by atoms with Crippen LogP contribution in [0.1, 0.15) is 48.2 Å². The Balaban J connectivity index is 1.98. The van der Waals surface area contributed by atoms with Crippen molar-refractivity contribution in [3.8, 4) is 5.75 Å². The van der Waals surface area contributed by atoms with E-state index in [9.17, 15) is 14.7 Å². The van der Waals surface area contributed by atoms with Crippen LogP contribution >= 0.6 is 0 Å². The zero-order valence-corrected chi connectivity index (χ0v) is 17.2. The first-order valence-electron chi connectivity index (χ1n) is 9.77. The summed E-state index contributed by atoms with van der Waals surface area (Å²) in [5.74, 6) is -0.397. The van der Waals surface area contributed by atoms with Gasteiger partial charge in [0.15, 0.2) is 0 Å². The molecule has 29 heavy (non-hydrogen) atoms. The molecular weight excluding hydrogens is 370 g/mol. The maximum absolute atomic E-state index is 11.6. The highest BCUT2D eigenvalue weighted by molar-refractivity contribution is 5.89. The summed E-state index contributed by atoms with van der Waals surface area (Å²) in [6.07, 6.45) is 1.15. The van der Waals surface area contributed by atoms with Crippen LogP contribution in [0.2, 0.25) is 0 Å². The van der Waals surface area contributed by atoms with Gasteiger partial charge in [0.25, 0.3) is 0 Å². The van der Waals surface area contributed by atoms with Gasteiger partial charge in [0.05, 0.1) is 18.1 Å². The number of para-hydroxylation sites is 1. The molecule has 0 aliphatic carbocycles. The number of carboxylic acids is 1. The number of benzene rings is 2. The van der Waals surface area contributed by atoms with E-state index in [0.717, 1.165) is 16.9 Å². The Bertz CT molecular complexity index is 812. The molecule has 0 aliphatic heterocycles. The minimum atomic E-state index is -0.769. The monoisotopic (exact) mass is 399 g/mol. The van der Waals surface area contributed by atoms with Crippen molar-refractivity contribution in [2.75, 3.05) is 13.7 Å². The second-order valence-corrected chi connectivity index (χ2v) is 6.98. The summed E-state index contributed by atoms with van der Waals surface area (Å²) in [5, 5.41) is 12.8. The van der Waals surface area contributed by atoms with Gasteiger partial charge in [-0.2, -0.15) is 0 Å². The summed E-state index contributed by atoms with van der Waals surface area (Å²) in [6.45, 7) is 5.09. The van der Waals surface area contributed by atoms with E-state index in [-0.39, 0.29) is 5.97 Å². The van der Waals surface area contributed by atoms with E-state index in [1.165, 1.54) is 7.11 Å². The molecule has 0 aliphatic rings. The molecule has 6 heteroatoms. The molecule has 6 nitrogen and oxygen atoms in total. The van der Waals surface area contributed by atoms with Crippen LogP contribution in [-0.2, 0) is 22.7 Å². The van der Waals surface area contributed by atoms with Crippen molar-refractivity contribution < 1.29 is 24.2 Å². The van der Waals surface area contributed by atoms with E-state index in [1.807, 2.05) is 50.2 Å². The average Bonchev–Trinajstić information content (AvgIpc) is 2.75. The van der Waals surface area contributed by atoms with Crippen molar-refractivity contribution in [1.29, 1.82) is 0 Å². The Morgan fingerprint density at radius 1 is 1.03 bits per heavy atom. The van der Waals surface area contributed by atoms with Crippen molar-refractivity contribution in [2.45, 2.75) is 39.8 Å². The summed E-state index contributed by atoms with van der Waals surface area (Å²) in [4.78, 5) is 23.2. The third-order valence-corrected chi connectivity index (χ3v) is 5.33. The normalized spacial score (nSPS) is 11.1. The van der Waals surface area contributed by atoms with Gasteiger partial charge in [-0.25, -0.2) is 4.79 Å². The molecule has 2 aromatic rings. The van der Waals surface area contributed by atoms with Crippen LogP contribution in [0.4, 0.5) is 0 Å². The highest BCUT2D eigenvalue weighted by Gasteiger charge is 2.34. The van der Waals surface area contributed by atoms with Gasteiger partial charge in [-0.3, -0.25) is 4.79 Å². The van der Waals surface area contributed by atoms with Gasteiger partial charge in [0, 0.05) is 18.7 Å². The molecule has 0 fully saturated rings. The van der Waals surface area contributed by atoms with Crippen molar-refractivity contribution in [2.24, 2.45) is 5.41 Å². The molecule has 0 bridgehead atoms. The average molecular weight is 399 g/mol. The van der Waals surface area contributed by atoms with Gasteiger partial charge in [-0.05, 0) is 36.6 Å². The van der Waals surface area contributed by atoms with Gasteiger partial charge in [-0.1, -0.05) is 44.2 Å². The van der Waals surface area contributed by atoms with Gasteiger partial charge in [0.2, 0.25) is 0 Å². The third kappa shape index (κ3) is 5.81. The number of nitrogens with one attached hydrogen (secondary N) is 1. The third-order valence-electron chi connectivity index (χ3n) is 5.33. The molecule has 2 aromatic carbocycles. The summed E-state index contributed by atoms with van der Waals surface area (Å²) in [7, 11) is 1.35. The van der Waals surface area contributed by atoms with E-state index in [2.05, 4.69) is 5.32 Å². The van der Waals surface area contributed by atoms with Gasteiger partial charge in [-0.15, -0.1) is 0 Å². The van der Waals surface area contributed by atoms with Gasteiger partial charge >= 0.3 is 11.9 Å². The summed E-state index contributed by atoms with van der Waals surface area (Å²) in [6, 6.07) is 14.8. The number of rotatable bonds is 11. The minimum absolute atomic E-state index is 0.363. The predicted octanol–water partition coefficient (Wildman–Crippen LogP) is 4.03. The van der Waals surface area contributed by atoms with E-state index >= 15 is 0 Å². The summed E-state index contributed by atoms with van der Waals surface area (Å²) in [5.41, 5.74) is 1.64. The molecule has 0 unspecified atom stereocenters. The Morgan fingerprint density at radius 2 is 1.69 bits per heavy atom. The number of aliphatic carboxylic acids is 1. The standard InChI is InChI=1S/C23H29NO5/c1-4-23(5-2,22(26)27)16-24-14-19-8-6-7-9-20(19)29-15-17-10-12-18(13-11-17)21(25)28-3/h6-13,24H,4-5,14-16H2,1-3H3,(H,26,27). The van der Waals surface area contributed by atoms with E-state index in [1.54, 1.807) is 12.1 Å². The summed E-state index contributed by atoms with van der Waals surface area (Å²) >= 11 is 0. The number of methoxy groups -OCH3 is 1. The number of carbonyl (C=O) groups excluding carboxylic acids is 1. The lowest BCUT2D eigenvalue weighted by Crippen LogP contribution is -2.40. The fourth-order valence-electron chi connectivity index (χ4n) is 3.12. The molecule has 0 aromatic heterocycles. The van der Waals surface area contributed by atoms with Crippen LogP contribution < -0.4 is 10.1 Å². The van der Waals surface area contributed by atoms with Crippen molar-refractivity contribution >= 4 is 11.9 Å². The van der Waals surface area contributed by atoms with E-state index in [0.29, 0.717) is 38.1 Å². The number of hydrogen-bond acceptors (Lipinski definition) is 5. The Kier molecular flexibility index (Phi) is 8.21. The minimum Gasteiger partial charge on any atom is -0.489 e. The van der Waals surface area contributed by atoms with Crippen molar-refractivity contribution in [3.63, 3.8) is 0 Å². The Morgan fingerprint density at radius 3 is 2.28 bits per heavy atom. The number of ether oxygens (including phenoxy) is 2. The van der Waals surface area contributed by atoms with E-state index in [4.69, 9.17) is 9.47 Å². The molecular formula is C23H29NO5. The number of carboxylic acid groups (broad SMARTS) is 1. The maximum atomic E-state index is 11.6. The first-order valence-corrected chi connectivity index (χ1v) is 9.77. The lowest BCUT2D eigenvalue weighted by Gasteiger charge is -2.27. The Hall–Kier alpha value is -2.86. The van der Waals surface area contributed by atoms with Crippen LogP contribution in [-0.4, -0.2) is 30.7 Å². The SMILES string of the molecule is CCC(CC)(CNCc1ccccc1OCc1ccc(C(=O)OC)cc1)C(=O)O. The second kappa shape index (κ2) is 10.6. The van der Waals surface area contributed by atoms with Crippen molar-refractivity contribution in [1.82, 2.24) is 5.32 Å². The molecule has 0 amide bonds. The van der Waals surface area contributed by atoms with Gasteiger partial charge < -0.3 is 19.9 Å². The molecule has 2 N–H and O–H groups in total. The molecule has 0 saturated heterocycles. The van der Waals surface area contributed by atoms with Crippen LogP contribution in [0.15, 0.2) is 48.5 Å². The smallest absolute Gasteiger partial charge is 0.337 e. The molecule has 0 heterocycles. The maximum Gasteiger partial charge on any atom is 0.337 e. The fraction of sp³-hybridized carbons (Fsp3) is 0.391. The molecule has 0 radical (unpaired) electrons. The first kappa shape index (κ1) is 22.4. The highest BCUT2D eigenvalue weighted by atomic mass is 16.5. The molecule has 0 saturated carbocycles. The van der Waals surface area contributed by atoms with Gasteiger partial charge in [0.1, 0.15) is 12.4 Å². The zero-order valence-electron chi connectivity index (χ0n) is 17.2. The zero-order chi connectivity index (χ0) is 21.3. The largest absolute Gasteiger partial charge is 0.489 e. The fourth-order valence-corrected chi connectivity index (χ4v) is 3.12. The first-order chi connectivity index (χ1) is 14.0.